The van der Waals surface area contributed by atoms with E-state index in [9.17, 15) is 13.2 Å². The summed E-state index contributed by atoms with van der Waals surface area (Å²) in [7, 11) is -3.69. The Morgan fingerprint density at radius 3 is 2.37 bits per heavy atom. The molecule has 0 saturated heterocycles. The summed E-state index contributed by atoms with van der Waals surface area (Å²) < 4.78 is 27.8. The topological polar surface area (TPSA) is 66.5 Å². The van der Waals surface area contributed by atoms with Crippen LogP contribution in [0.4, 0.5) is 11.4 Å². The predicted octanol–water partition coefficient (Wildman–Crippen LogP) is 4.80. The maximum absolute atomic E-state index is 13.0. The van der Waals surface area contributed by atoms with Crippen molar-refractivity contribution in [2.75, 3.05) is 22.4 Å². The van der Waals surface area contributed by atoms with Gasteiger partial charge in [0.2, 0.25) is 0 Å². The Hall–Kier alpha value is -2.77. The Morgan fingerprint density at radius 1 is 0.967 bits per heavy atom. The van der Waals surface area contributed by atoms with Gasteiger partial charge in [-0.15, -0.1) is 11.8 Å². The van der Waals surface area contributed by atoms with Crippen LogP contribution in [0.1, 0.15) is 22.3 Å². The Morgan fingerprint density at radius 2 is 1.67 bits per heavy atom. The van der Waals surface area contributed by atoms with E-state index in [0.717, 1.165) is 23.4 Å². The highest BCUT2D eigenvalue weighted by Crippen LogP contribution is 2.28. The van der Waals surface area contributed by atoms with E-state index >= 15 is 0 Å². The van der Waals surface area contributed by atoms with Crippen LogP contribution < -0.4 is 9.62 Å². The molecule has 3 aromatic carbocycles. The summed E-state index contributed by atoms with van der Waals surface area (Å²) in [6.07, 6.45) is 3.83. The second-order valence-corrected chi connectivity index (χ2v) is 9.61. The minimum Gasteiger partial charge on any atom is -0.308 e. The summed E-state index contributed by atoms with van der Waals surface area (Å²) in [6.45, 7) is 0.677. The first kappa shape index (κ1) is 20.5. The summed E-state index contributed by atoms with van der Waals surface area (Å²) in [4.78, 5) is 16.0. The van der Waals surface area contributed by atoms with Crippen molar-refractivity contribution in [3.8, 4) is 0 Å². The van der Waals surface area contributed by atoms with Crippen molar-refractivity contribution >= 4 is 39.1 Å². The first-order valence-electron chi connectivity index (χ1n) is 9.65. The largest absolute Gasteiger partial charge is 0.308 e. The fraction of sp³-hybridized carbons (Fsp3) is 0.174. The van der Waals surface area contributed by atoms with E-state index < -0.39 is 10.0 Å². The Labute approximate surface area is 181 Å². The van der Waals surface area contributed by atoms with Crippen LogP contribution >= 0.6 is 11.8 Å². The van der Waals surface area contributed by atoms with Crippen LogP contribution in [0.25, 0.3) is 0 Å². The van der Waals surface area contributed by atoms with Crippen LogP contribution in [-0.4, -0.2) is 27.1 Å². The number of thioether (sulfide) groups is 1. The third-order valence-electron chi connectivity index (χ3n) is 5.11. The number of sulfonamides is 1. The zero-order valence-electron chi connectivity index (χ0n) is 16.5. The van der Waals surface area contributed by atoms with Crippen LogP contribution in [0, 0.1) is 0 Å². The molecule has 1 amide bonds. The first-order chi connectivity index (χ1) is 14.5. The molecule has 1 heterocycles. The highest BCUT2D eigenvalue weighted by atomic mass is 32.2. The summed E-state index contributed by atoms with van der Waals surface area (Å²) in [5.74, 6) is -0.0794. The van der Waals surface area contributed by atoms with Crippen molar-refractivity contribution < 1.29 is 13.2 Å². The molecule has 30 heavy (non-hydrogen) atoms. The lowest BCUT2D eigenvalue weighted by molar-refractivity contribution is 0.0985. The fourth-order valence-corrected chi connectivity index (χ4v) is 5.02. The van der Waals surface area contributed by atoms with E-state index in [4.69, 9.17) is 0 Å². The summed E-state index contributed by atoms with van der Waals surface area (Å²) in [5, 5.41) is 0. The third kappa shape index (κ3) is 4.22. The molecule has 0 aromatic heterocycles. The molecular weight excluding hydrogens is 416 g/mol. The van der Waals surface area contributed by atoms with E-state index in [1.165, 1.54) is 5.56 Å². The number of hydrogen-bond donors (Lipinski definition) is 1. The van der Waals surface area contributed by atoms with Gasteiger partial charge in [-0.3, -0.25) is 9.52 Å². The average molecular weight is 439 g/mol. The molecule has 3 aromatic rings. The Kier molecular flexibility index (Phi) is 5.83. The lowest BCUT2D eigenvalue weighted by Gasteiger charge is -2.29. The summed E-state index contributed by atoms with van der Waals surface area (Å²) in [6, 6.07) is 21.2. The minimum atomic E-state index is -3.69. The zero-order valence-corrected chi connectivity index (χ0v) is 18.2. The van der Waals surface area contributed by atoms with Gasteiger partial charge in [0.1, 0.15) is 0 Å². The van der Waals surface area contributed by atoms with E-state index in [0.29, 0.717) is 17.8 Å². The Bertz CT molecular complexity index is 1160. The van der Waals surface area contributed by atoms with Crippen molar-refractivity contribution in [2.24, 2.45) is 0 Å². The number of benzene rings is 3. The lowest BCUT2D eigenvalue weighted by atomic mass is 10.0. The number of rotatable bonds is 5. The molecule has 154 valence electrons. The van der Waals surface area contributed by atoms with Crippen molar-refractivity contribution in [3.63, 3.8) is 0 Å². The monoisotopic (exact) mass is 438 g/mol. The number of aryl methyl sites for hydroxylation is 1. The van der Waals surface area contributed by atoms with Gasteiger partial charge in [0.05, 0.1) is 4.90 Å². The smallest absolute Gasteiger partial charge is 0.261 e. The first-order valence-corrected chi connectivity index (χ1v) is 12.4. The van der Waals surface area contributed by atoms with Gasteiger partial charge < -0.3 is 4.90 Å². The summed E-state index contributed by atoms with van der Waals surface area (Å²) >= 11 is 1.55. The van der Waals surface area contributed by atoms with E-state index in [1.54, 1.807) is 65.2 Å². The third-order valence-corrected chi connectivity index (χ3v) is 7.25. The second kappa shape index (κ2) is 8.53. The number of anilines is 2. The molecule has 0 radical (unpaired) electrons. The van der Waals surface area contributed by atoms with E-state index in [2.05, 4.69) is 10.8 Å². The van der Waals surface area contributed by atoms with Gasteiger partial charge in [0.15, 0.2) is 0 Å². The van der Waals surface area contributed by atoms with Crippen LogP contribution in [0.15, 0.2) is 82.6 Å². The molecule has 1 aliphatic heterocycles. The molecule has 0 bridgehead atoms. The van der Waals surface area contributed by atoms with Crippen molar-refractivity contribution in [1.82, 2.24) is 0 Å². The quantitative estimate of drug-likeness (QED) is 0.581. The molecule has 5 nitrogen and oxygen atoms in total. The predicted molar refractivity (Wildman–Crippen MR) is 122 cm³/mol. The van der Waals surface area contributed by atoms with Gasteiger partial charge in [-0.2, -0.15) is 0 Å². The van der Waals surface area contributed by atoms with Gasteiger partial charge in [-0.1, -0.05) is 18.2 Å². The van der Waals surface area contributed by atoms with Gasteiger partial charge >= 0.3 is 0 Å². The molecular formula is C23H22N2O3S2. The maximum Gasteiger partial charge on any atom is 0.261 e. The number of carbonyl (C=O) groups is 1. The van der Waals surface area contributed by atoms with Crippen molar-refractivity contribution in [1.29, 1.82) is 0 Å². The molecule has 0 saturated carbocycles. The van der Waals surface area contributed by atoms with Gasteiger partial charge in [0, 0.05) is 28.4 Å². The maximum atomic E-state index is 13.0. The number of carbonyl (C=O) groups excluding carboxylic acids is 1. The number of nitrogens with zero attached hydrogens (tertiary/aromatic N) is 1. The van der Waals surface area contributed by atoms with Crippen LogP contribution in [-0.2, 0) is 16.4 Å². The summed E-state index contributed by atoms with van der Waals surface area (Å²) in [5.41, 5.74) is 3.07. The molecule has 1 N–H and O–H groups in total. The lowest BCUT2D eigenvalue weighted by Crippen LogP contribution is -2.35. The molecule has 7 heteroatoms. The van der Waals surface area contributed by atoms with E-state index in [1.807, 2.05) is 24.5 Å². The number of nitrogens with one attached hydrogen (secondary N) is 1. The number of amides is 1. The second-order valence-electron chi connectivity index (χ2n) is 7.05. The molecule has 0 aliphatic carbocycles. The van der Waals surface area contributed by atoms with Gasteiger partial charge in [0.25, 0.3) is 15.9 Å². The van der Waals surface area contributed by atoms with Gasteiger partial charge in [-0.25, -0.2) is 8.42 Å². The fourth-order valence-electron chi connectivity index (χ4n) is 3.55. The van der Waals surface area contributed by atoms with Crippen molar-refractivity contribution in [3.05, 3.63) is 83.9 Å². The highest BCUT2D eigenvalue weighted by Gasteiger charge is 2.23. The zero-order chi connectivity index (χ0) is 21.1. The molecule has 1 aliphatic rings. The number of para-hydroxylation sites is 1. The van der Waals surface area contributed by atoms with E-state index in [-0.39, 0.29) is 10.8 Å². The van der Waals surface area contributed by atoms with Crippen molar-refractivity contribution in [2.45, 2.75) is 22.6 Å². The number of fused-ring (bicyclic) bond motifs is 1. The standard InChI is InChI=1S/C23H22N2O3S2/c1-29-20-12-14-21(15-13-20)30(27,28)24-19-10-8-18(9-11-19)23(26)25-16-4-6-17-5-2-3-7-22(17)25/h2-3,5,7-15,24H,4,6,16H2,1H3. The van der Waals surface area contributed by atoms with Crippen LogP contribution in [0.5, 0.6) is 0 Å². The van der Waals surface area contributed by atoms with Gasteiger partial charge in [-0.05, 0) is 79.3 Å². The normalized spacial score (nSPS) is 13.6. The molecule has 4 rings (SSSR count). The highest BCUT2D eigenvalue weighted by molar-refractivity contribution is 7.98. The minimum absolute atomic E-state index is 0.0794. The Balaban J connectivity index is 1.51. The average Bonchev–Trinajstić information content (AvgIpc) is 2.78. The molecule has 0 fully saturated rings. The molecule has 0 unspecified atom stereocenters. The number of hydrogen-bond acceptors (Lipinski definition) is 4. The van der Waals surface area contributed by atoms with Crippen LogP contribution in [0.3, 0.4) is 0 Å². The molecule has 0 spiro atoms. The van der Waals surface area contributed by atoms with Crippen LogP contribution in [0.2, 0.25) is 0 Å². The SMILES string of the molecule is CSc1ccc(S(=O)(=O)Nc2ccc(C(=O)N3CCCc4ccccc43)cc2)cc1. The molecule has 0 atom stereocenters.